The first-order valence-electron chi connectivity index (χ1n) is 9.64. The highest BCUT2D eigenvalue weighted by Gasteiger charge is 2.11. The Balaban J connectivity index is 2.12. The minimum Gasteiger partial charge on any atom is -0.507 e. The van der Waals surface area contributed by atoms with E-state index in [0.717, 1.165) is 18.4 Å². The molecule has 0 aromatic heterocycles. The number of carbonyl (C=O) groups excluding carboxylic acids is 1. The van der Waals surface area contributed by atoms with Gasteiger partial charge in [-0.1, -0.05) is 25.5 Å². The van der Waals surface area contributed by atoms with Gasteiger partial charge in [-0.25, -0.2) is 0 Å². The van der Waals surface area contributed by atoms with Crippen LogP contribution in [0.25, 0.3) is 6.08 Å². The Bertz CT molecular complexity index is 845. The van der Waals surface area contributed by atoms with Crippen LogP contribution in [0.1, 0.15) is 35.7 Å². The number of ketones is 1. The number of ether oxygens (including phenoxy) is 5. The first kappa shape index (κ1) is 23.3. The number of phenolic OH excluding ortho intramolecular Hbond substituents is 1. The van der Waals surface area contributed by atoms with E-state index in [2.05, 4.69) is 6.92 Å². The van der Waals surface area contributed by atoms with Crippen molar-refractivity contribution in [1.82, 2.24) is 0 Å². The van der Waals surface area contributed by atoms with Crippen LogP contribution in [0.3, 0.4) is 0 Å². The predicted octanol–water partition coefficient (Wildman–Crippen LogP) is 4.43. The van der Waals surface area contributed by atoms with Gasteiger partial charge in [0.15, 0.2) is 30.9 Å². The number of hydrogen-bond donors (Lipinski definition) is 1. The summed E-state index contributed by atoms with van der Waals surface area (Å²) in [5.41, 5.74) is 0.920. The quantitative estimate of drug-likeness (QED) is 0.224. The van der Waals surface area contributed by atoms with Crippen LogP contribution in [-0.2, 0) is 9.47 Å². The summed E-state index contributed by atoms with van der Waals surface area (Å²) in [5.74, 6) is 1.06. The molecule has 2 aromatic rings. The summed E-state index contributed by atoms with van der Waals surface area (Å²) >= 11 is 0. The summed E-state index contributed by atoms with van der Waals surface area (Å²) in [6.45, 7) is 2.82. The van der Waals surface area contributed by atoms with Crippen molar-refractivity contribution in [3.63, 3.8) is 0 Å². The minimum atomic E-state index is -0.339. The number of methoxy groups -OCH3 is 2. The summed E-state index contributed by atoms with van der Waals surface area (Å²) < 4.78 is 26.4. The van der Waals surface area contributed by atoms with Crippen molar-refractivity contribution in [1.29, 1.82) is 0 Å². The first-order valence-corrected chi connectivity index (χ1v) is 9.64. The van der Waals surface area contributed by atoms with Crippen molar-refractivity contribution in [3.8, 4) is 23.0 Å². The molecule has 7 heteroatoms. The Morgan fingerprint density at radius 2 is 1.73 bits per heavy atom. The molecular weight excluding hydrogens is 388 g/mol. The zero-order valence-corrected chi connectivity index (χ0v) is 17.6. The maximum absolute atomic E-state index is 12.5. The van der Waals surface area contributed by atoms with E-state index in [1.165, 1.54) is 32.4 Å². The molecule has 0 bridgehead atoms. The van der Waals surface area contributed by atoms with Gasteiger partial charge in [-0.15, -0.1) is 0 Å². The number of carbonyl (C=O) groups is 1. The Kier molecular flexibility index (Phi) is 9.70. The van der Waals surface area contributed by atoms with Gasteiger partial charge in [-0.2, -0.15) is 0 Å². The zero-order chi connectivity index (χ0) is 21.8. The monoisotopic (exact) mass is 416 g/mol. The van der Waals surface area contributed by atoms with E-state index in [4.69, 9.17) is 23.7 Å². The molecule has 30 heavy (non-hydrogen) atoms. The molecule has 0 unspecified atom stereocenters. The second kappa shape index (κ2) is 12.5. The molecule has 0 aliphatic carbocycles. The van der Waals surface area contributed by atoms with Crippen molar-refractivity contribution in [3.05, 3.63) is 53.6 Å². The van der Waals surface area contributed by atoms with E-state index < -0.39 is 0 Å². The molecule has 7 nitrogen and oxygen atoms in total. The maximum Gasteiger partial charge on any atom is 0.189 e. The van der Waals surface area contributed by atoms with Crippen LogP contribution >= 0.6 is 0 Å². The molecule has 0 spiro atoms. The average molecular weight is 416 g/mol. The third-order valence-corrected chi connectivity index (χ3v) is 4.06. The van der Waals surface area contributed by atoms with E-state index in [9.17, 15) is 9.90 Å². The molecular formula is C23H28O7. The van der Waals surface area contributed by atoms with Crippen LogP contribution in [0.5, 0.6) is 23.0 Å². The van der Waals surface area contributed by atoms with Gasteiger partial charge in [0.25, 0.3) is 0 Å². The largest absolute Gasteiger partial charge is 0.507 e. The summed E-state index contributed by atoms with van der Waals surface area (Å²) in [4.78, 5) is 12.5. The van der Waals surface area contributed by atoms with Crippen molar-refractivity contribution >= 4 is 11.9 Å². The van der Waals surface area contributed by atoms with Gasteiger partial charge < -0.3 is 28.8 Å². The van der Waals surface area contributed by atoms with Crippen LogP contribution < -0.4 is 14.2 Å². The Morgan fingerprint density at radius 1 is 0.967 bits per heavy atom. The predicted molar refractivity (Wildman–Crippen MR) is 113 cm³/mol. The highest BCUT2D eigenvalue weighted by atomic mass is 16.7. The van der Waals surface area contributed by atoms with Crippen molar-refractivity contribution in [2.45, 2.75) is 19.8 Å². The number of phenols is 1. The van der Waals surface area contributed by atoms with E-state index in [-0.39, 0.29) is 30.7 Å². The third-order valence-electron chi connectivity index (χ3n) is 4.06. The summed E-state index contributed by atoms with van der Waals surface area (Å²) in [6.07, 6.45) is 5.01. The fourth-order valence-electron chi connectivity index (χ4n) is 2.51. The molecule has 0 atom stereocenters. The van der Waals surface area contributed by atoms with Gasteiger partial charge in [0.1, 0.15) is 11.5 Å². The van der Waals surface area contributed by atoms with Gasteiger partial charge in [0.05, 0.1) is 12.2 Å². The molecule has 0 fully saturated rings. The summed E-state index contributed by atoms with van der Waals surface area (Å²) in [6, 6.07) is 9.87. The molecule has 0 saturated carbocycles. The van der Waals surface area contributed by atoms with E-state index in [1.807, 2.05) is 6.07 Å². The average Bonchev–Trinajstić information content (AvgIpc) is 2.75. The minimum absolute atomic E-state index is 0.0538. The van der Waals surface area contributed by atoms with Crippen LogP contribution in [0.4, 0.5) is 0 Å². The topological polar surface area (TPSA) is 83.5 Å². The lowest BCUT2D eigenvalue weighted by atomic mass is 10.1. The SMILES string of the molecule is CCCCOc1ccc(/C=C/C(=O)c2ccc(OCOC)cc2O)cc1OCOC. The summed E-state index contributed by atoms with van der Waals surface area (Å²) in [7, 11) is 3.04. The Labute approximate surface area is 176 Å². The molecule has 0 saturated heterocycles. The van der Waals surface area contributed by atoms with Crippen LogP contribution in [0.15, 0.2) is 42.5 Å². The van der Waals surface area contributed by atoms with Crippen LogP contribution in [-0.4, -0.2) is 45.3 Å². The maximum atomic E-state index is 12.5. The van der Waals surface area contributed by atoms with Crippen LogP contribution in [0.2, 0.25) is 0 Å². The molecule has 0 aliphatic rings. The smallest absolute Gasteiger partial charge is 0.189 e. The lowest BCUT2D eigenvalue weighted by Crippen LogP contribution is -2.03. The molecule has 1 N–H and O–H groups in total. The van der Waals surface area contributed by atoms with Gasteiger partial charge >= 0.3 is 0 Å². The standard InChI is InChI=1S/C23H28O7/c1-4-5-12-28-22-11-7-17(13-23(22)30-16-27-3)6-10-20(24)19-9-8-18(14-21(19)25)29-15-26-2/h6-11,13-14,25H,4-5,12,15-16H2,1-3H3/b10-6+. The zero-order valence-electron chi connectivity index (χ0n) is 17.6. The molecule has 2 aromatic carbocycles. The van der Waals surface area contributed by atoms with Crippen molar-refractivity contribution < 1.29 is 33.6 Å². The molecule has 0 aliphatic heterocycles. The molecule has 0 heterocycles. The van der Waals surface area contributed by atoms with Crippen LogP contribution in [0, 0.1) is 0 Å². The second-order valence-corrected chi connectivity index (χ2v) is 6.39. The third kappa shape index (κ3) is 7.09. The number of allylic oxidation sites excluding steroid dienone is 1. The van der Waals surface area contributed by atoms with Gasteiger partial charge in [0, 0.05) is 20.3 Å². The Hall–Kier alpha value is -3.03. The van der Waals surface area contributed by atoms with Gasteiger partial charge in [-0.3, -0.25) is 4.79 Å². The fourth-order valence-corrected chi connectivity index (χ4v) is 2.51. The number of rotatable bonds is 13. The highest BCUT2D eigenvalue weighted by Crippen LogP contribution is 2.30. The van der Waals surface area contributed by atoms with E-state index >= 15 is 0 Å². The lowest BCUT2D eigenvalue weighted by Gasteiger charge is -2.13. The van der Waals surface area contributed by atoms with Gasteiger partial charge in [-0.05, 0) is 42.3 Å². The molecule has 0 amide bonds. The van der Waals surface area contributed by atoms with E-state index in [0.29, 0.717) is 23.9 Å². The Morgan fingerprint density at radius 3 is 2.43 bits per heavy atom. The normalized spacial score (nSPS) is 10.9. The van der Waals surface area contributed by atoms with Crippen molar-refractivity contribution in [2.75, 3.05) is 34.4 Å². The summed E-state index contributed by atoms with van der Waals surface area (Å²) in [5, 5.41) is 10.1. The first-order chi connectivity index (χ1) is 14.6. The molecule has 0 radical (unpaired) electrons. The lowest BCUT2D eigenvalue weighted by molar-refractivity contribution is 0.0485. The molecule has 162 valence electrons. The number of hydrogen-bond acceptors (Lipinski definition) is 7. The highest BCUT2D eigenvalue weighted by molar-refractivity contribution is 6.08. The van der Waals surface area contributed by atoms with Crippen molar-refractivity contribution in [2.24, 2.45) is 0 Å². The number of unbranched alkanes of at least 4 members (excludes halogenated alkanes) is 1. The van der Waals surface area contributed by atoms with Gasteiger partial charge in [0.2, 0.25) is 0 Å². The number of aromatic hydroxyl groups is 1. The van der Waals surface area contributed by atoms with E-state index in [1.54, 1.807) is 24.3 Å². The number of benzene rings is 2. The second-order valence-electron chi connectivity index (χ2n) is 6.39. The molecule has 2 rings (SSSR count). The fraction of sp³-hybridized carbons (Fsp3) is 0.348.